The molecular formula is C75H128O6. The van der Waals surface area contributed by atoms with Crippen LogP contribution in [0, 0.1) is 0 Å². The Labute approximate surface area is 501 Å². The van der Waals surface area contributed by atoms with E-state index < -0.39 is 6.10 Å². The molecule has 0 saturated carbocycles. The molecule has 0 fully saturated rings. The molecule has 0 aromatic rings. The Morgan fingerprint density at radius 3 is 0.778 bits per heavy atom. The summed E-state index contributed by atoms with van der Waals surface area (Å²) < 4.78 is 16.9. The van der Waals surface area contributed by atoms with Gasteiger partial charge in [-0.3, -0.25) is 14.4 Å². The second-order valence-electron chi connectivity index (χ2n) is 22.7. The van der Waals surface area contributed by atoms with Crippen LogP contribution in [0.1, 0.15) is 329 Å². The fraction of sp³-hybridized carbons (Fsp3) is 0.720. The van der Waals surface area contributed by atoms with E-state index in [1.165, 1.54) is 167 Å². The smallest absolute Gasteiger partial charge is 0.306 e. The van der Waals surface area contributed by atoms with Crippen molar-refractivity contribution < 1.29 is 28.6 Å². The van der Waals surface area contributed by atoms with Crippen LogP contribution in [0.5, 0.6) is 0 Å². The molecule has 6 heteroatoms. The monoisotopic (exact) mass is 1120 g/mol. The lowest BCUT2D eigenvalue weighted by molar-refractivity contribution is -0.167. The van der Waals surface area contributed by atoms with E-state index >= 15 is 0 Å². The van der Waals surface area contributed by atoms with Crippen LogP contribution in [0.25, 0.3) is 0 Å². The Balaban J connectivity index is 4.11. The van der Waals surface area contributed by atoms with Crippen molar-refractivity contribution in [2.45, 2.75) is 335 Å². The zero-order chi connectivity index (χ0) is 58.5. The van der Waals surface area contributed by atoms with Crippen molar-refractivity contribution >= 4 is 17.9 Å². The first-order valence-electron chi connectivity index (χ1n) is 34.4. The van der Waals surface area contributed by atoms with Gasteiger partial charge >= 0.3 is 17.9 Å². The summed E-state index contributed by atoms with van der Waals surface area (Å²) in [6, 6.07) is 0. The van der Waals surface area contributed by atoms with Crippen molar-refractivity contribution in [3.8, 4) is 0 Å². The molecule has 81 heavy (non-hydrogen) atoms. The lowest BCUT2D eigenvalue weighted by Crippen LogP contribution is -2.30. The molecular weight excluding hydrogens is 997 g/mol. The Morgan fingerprint density at radius 1 is 0.259 bits per heavy atom. The summed E-state index contributed by atoms with van der Waals surface area (Å²) in [6.45, 7) is 6.49. The number of allylic oxidation sites excluding steroid dienone is 18. The molecule has 0 aliphatic carbocycles. The highest BCUT2D eigenvalue weighted by molar-refractivity contribution is 5.71. The Hall–Kier alpha value is -3.93. The van der Waals surface area contributed by atoms with Gasteiger partial charge in [-0.2, -0.15) is 0 Å². The molecule has 6 nitrogen and oxygen atoms in total. The summed E-state index contributed by atoms with van der Waals surface area (Å²) in [7, 11) is 0. The quantitative estimate of drug-likeness (QED) is 0.0261. The zero-order valence-corrected chi connectivity index (χ0v) is 53.3. The molecule has 1 unspecified atom stereocenters. The van der Waals surface area contributed by atoms with Crippen molar-refractivity contribution in [1.29, 1.82) is 0 Å². The van der Waals surface area contributed by atoms with E-state index in [2.05, 4.69) is 130 Å². The van der Waals surface area contributed by atoms with Crippen molar-refractivity contribution in [3.63, 3.8) is 0 Å². The minimum absolute atomic E-state index is 0.0795. The molecule has 0 aliphatic rings. The lowest BCUT2D eigenvalue weighted by Gasteiger charge is -2.18. The third kappa shape index (κ3) is 66.8. The Bertz CT molecular complexity index is 1620. The predicted octanol–water partition coefficient (Wildman–Crippen LogP) is 23.8. The van der Waals surface area contributed by atoms with E-state index in [-0.39, 0.29) is 31.1 Å². The maximum Gasteiger partial charge on any atom is 0.306 e. The highest BCUT2D eigenvalue weighted by Gasteiger charge is 2.19. The SMILES string of the molecule is CC/C=C\C/C=C\C/C=C\C/C=C\C/C=C\C/C=C\CCCCCCCCCCCCCCCCCCC(=O)OCC(COC(=O)CCCCCCCCCCC)OC(=O)CCCCCCCC/C=C\C/C=C\C/C=C\CCCCC. The van der Waals surface area contributed by atoms with Gasteiger partial charge in [-0.1, -0.05) is 310 Å². The summed E-state index contributed by atoms with van der Waals surface area (Å²) >= 11 is 0. The molecule has 0 saturated heterocycles. The number of unbranched alkanes of at least 4 members (excludes halogenated alkanes) is 33. The topological polar surface area (TPSA) is 78.9 Å². The molecule has 464 valence electrons. The summed E-state index contributed by atoms with van der Waals surface area (Å²) in [5.74, 6) is -0.883. The first-order chi connectivity index (χ1) is 40.0. The second kappa shape index (κ2) is 68.6. The van der Waals surface area contributed by atoms with Crippen LogP contribution in [0.4, 0.5) is 0 Å². The van der Waals surface area contributed by atoms with Crippen LogP contribution >= 0.6 is 0 Å². The first kappa shape index (κ1) is 77.1. The zero-order valence-electron chi connectivity index (χ0n) is 53.3. The molecule has 0 N–H and O–H groups in total. The van der Waals surface area contributed by atoms with Crippen LogP contribution in [-0.2, 0) is 28.6 Å². The lowest BCUT2D eigenvalue weighted by atomic mass is 10.0. The van der Waals surface area contributed by atoms with E-state index in [9.17, 15) is 14.4 Å². The van der Waals surface area contributed by atoms with E-state index in [4.69, 9.17) is 14.2 Å². The van der Waals surface area contributed by atoms with Gasteiger partial charge < -0.3 is 14.2 Å². The van der Waals surface area contributed by atoms with Gasteiger partial charge in [-0.25, -0.2) is 0 Å². The molecule has 1 atom stereocenters. The molecule has 0 heterocycles. The second-order valence-corrected chi connectivity index (χ2v) is 22.7. The number of carbonyl (C=O) groups excluding carboxylic acids is 3. The largest absolute Gasteiger partial charge is 0.462 e. The molecule has 0 bridgehead atoms. The van der Waals surface area contributed by atoms with Crippen molar-refractivity contribution in [1.82, 2.24) is 0 Å². The fourth-order valence-electron chi connectivity index (χ4n) is 9.63. The maximum absolute atomic E-state index is 12.9. The molecule has 0 rings (SSSR count). The fourth-order valence-corrected chi connectivity index (χ4v) is 9.63. The van der Waals surface area contributed by atoms with Crippen LogP contribution in [-0.4, -0.2) is 37.2 Å². The van der Waals surface area contributed by atoms with Gasteiger partial charge in [0.05, 0.1) is 0 Å². The highest BCUT2D eigenvalue weighted by Crippen LogP contribution is 2.17. The molecule has 0 aromatic heterocycles. The molecule has 0 aliphatic heterocycles. The highest BCUT2D eigenvalue weighted by atomic mass is 16.6. The standard InChI is InChI=1S/C75H128O6/c1-4-7-10-13-16-19-21-23-25-27-29-30-31-32-33-34-35-36-37-38-39-40-41-42-43-44-46-47-49-51-53-56-59-62-65-68-74(77)80-71-72(70-79-73(76)67-64-61-58-55-18-15-12-9-6-3)81-75(78)69-66-63-60-57-54-52-50-48-45-28-26-24-22-20-17-14-11-8-5-2/h7,10,16-17,19-20,23-26,29-30,32-33,35-36,45,48,72H,4-6,8-9,11-15,18,21-22,27-28,31,34,37-44,46-47,49-71H2,1-3H3/b10-7-,19-16-,20-17-,25-23-,26-24-,30-29-,33-32-,36-35-,48-45-. The predicted molar refractivity (Wildman–Crippen MR) is 353 cm³/mol. The number of rotatable bonds is 62. The molecule has 0 radical (unpaired) electrons. The average molecular weight is 1130 g/mol. The number of esters is 3. The summed E-state index contributed by atoms with van der Waals surface area (Å²) in [5, 5.41) is 0. The van der Waals surface area contributed by atoms with Gasteiger partial charge in [0, 0.05) is 19.3 Å². The third-order valence-corrected chi connectivity index (χ3v) is 14.8. The maximum atomic E-state index is 12.9. The van der Waals surface area contributed by atoms with Gasteiger partial charge in [0.2, 0.25) is 0 Å². The Morgan fingerprint density at radius 2 is 0.481 bits per heavy atom. The number of hydrogen-bond donors (Lipinski definition) is 0. The van der Waals surface area contributed by atoms with Gasteiger partial charge in [0.25, 0.3) is 0 Å². The average Bonchev–Trinajstić information content (AvgIpc) is 3.47. The molecule has 0 spiro atoms. The van der Waals surface area contributed by atoms with Gasteiger partial charge in [0.15, 0.2) is 6.10 Å². The van der Waals surface area contributed by atoms with E-state index in [0.29, 0.717) is 19.3 Å². The van der Waals surface area contributed by atoms with E-state index in [1.807, 2.05) is 0 Å². The minimum atomic E-state index is -0.783. The van der Waals surface area contributed by atoms with E-state index in [1.54, 1.807) is 0 Å². The van der Waals surface area contributed by atoms with Crippen molar-refractivity contribution in [2.24, 2.45) is 0 Å². The number of hydrogen-bond acceptors (Lipinski definition) is 6. The van der Waals surface area contributed by atoms with E-state index in [0.717, 1.165) is 122 Å². The van der Waals surface area contributed by atoms with Crippen LogP contribution in [0.15, 0.2) is 109 Å². The van der Waals surface area contributed by atoms with Gasteiger partial charge in [-0.05, 0) is 109 Å². The summed E-state index contributed by atoms with van der Waals surface area (Å²) in [4.78, 5) is 38.2. The van der Waals surface area contributed by atoms with Crippen LogP contribution in [0.3, 0.4) is 0 Å². The summed E-state index contributed by atoms with van der Waals surface area (Å²) in [6.07, 6.45) is 94.1. The molecule has 0 amide bonds. The van der Waals surface area contributed by atoms with Crippen molar-refractivity contribution in [2.75, 3.05) is 13.2 Å². The number of carbonyl (C=O) groups is 3. The van der Waals surface area contributed by atoms with Crippen LogP contribution in [0.2, 0.25) is 0 Å². The van der Waals surface area contributed by atoms with Crippen LogP contribution < -0.4 is 0 Å². The van der Waals surface area contributed by atoms with Gasteiger partial charge in [0.1, 0.15) is 13.2 Å². The summed E-state index contributed by atoms with van der Waals surface area (Å²) in [5.41, 5.74) is 0. The third-order valence-electron chi connectivity index (χ3n) is 14.8. The first-order valence-corrected chi connectivity index (χ1v) is 34.4. The minimum Gasteiger partial charge on any atom is -0.462 e. The Kier molecular flexibility index (Phi) is 65.2. The number of ether oxygens (including phenoxy) is 3. The normalized spacial score (nSPS) is 12.8. The van der Waals surface area contributed by atoms with Gasteiger partial charge in [-0.15, -0.1) is 0 Å². The van der Waals surface area contributed by atoms with Crippen molar-refractivity contribution in [3.05, 3.63) is 109 Å². The molecule has 0 aromatic carbocycles.